The maximum Gasteiger partial charge on any atom is 0.233 e. The maximum absolute atomic E-state index is 13.8. The number of aromatic nitrogens is 2. The predicted molar refractivity (Wildman–Crippen MR) is 93.6 cm³/mol. The summed E-state index contributed by atoms with van der Waals surface area (Å²) < 4.78 is 15.2. The summed E-state index contributed by atoms with van der Waals surface area (Å²) in [5.74, 6) is 0.174. The molecule has 1 aliphatic rings. The molecule has 1 aromatic heterocycles. The van der Waals surface area contributed by atoms with Crippen molar-refractivity contribution in [3.8, 4) is 0 Å². The van der Waals surface area contributed by atoms with Crippen molar-refractivity contribution < 1.29 is 9.18 Å². The number of rotatable bonds is 4. The molecule has 120 valence electrons. The molecule has 0 saturated carbocycles. The van der Waals surface area contributed by atoms with Gasteiger partial charge in [0.15, 0.2) is 8.29 Å². The fourth-order valence-electron chi connectivity index (χ4n) is 2.35. The zero-order valence-corrected chi connectivity index (χ0v) is 14.6. The van der Waals surface area contributed by atoms with Gasteiger partial charge in [-0.05, 0) is 30.3 Å². The van der Waals surface area contributed by atoms with Crippen LogP contribution < -0.4 is 0 Å². The van der Waals surface area contributed by atoms with E-state index in [1.54, 1.807) is 17.0 Å². The number of aromatic amines is 1. The van der Waals surface area contributed by atoms with Gasteiger partial charge in [-0.1, -0.05) is 47.4 Å². The summed E-state index contributed by atoms with van der Waals surface area (Å²) in [6.45, 7) is 1.12. The first-order valence-corrected chi connectivity index (χ1v) is 9.24. The smallest absolute Gasteiger partial charge is 0.233 e. The summed E-state index contributed by atoms with van der Waals surface area (Å²) in [5.41, 5.74) is 1.59. The minimum atomic E-state index is -0.214. The van der Waals surface area contributed by atoms with Crippen LogP contribution >= 0.6 is 35.3 Å². The van der Waals surface area contributed by atoms with E-state index < -0.39 is 0 Å². The van der Waals surface area contributed by atoms with Crippen molar-refractivity contribution in [2.24, 2.45) is 0 Å². The number of nitrogens with one attached hydrogen (secondary N) is 1. The number of hydrogen-bond acceptors (Lipinski definition) is 5. The summed E-state index contributed by atoms with van der Waals surface area (Å²) in [5, 5.41) is 6.72. The van der Waals surface area contributed by atoms with Crippen molar-refractivity contribution in [2.45, 2.75) is 10.8 Å². The third-order valence-corrected chi connectivity index (χ3v) is 5.74. The largest absolute Gasteiger partial charge is 0.338 e. The number of hydrogen-bond donors (Lipinski definition) is 1. The second kappa shape index (κ2) is 7.37. The minimum Gasteiger partial charge on any atom is -0.338 e. The van der Waals surface area contributed by atoms with Gasteiger partial charge in [-0.15, -0.1) is 0 Å². The van der Waals surface area contributed by atoms with Crippen LogP contribution in [0.25, 0.3) is 5.57 Å². The monoisotopic (exact) mass is 367 g/mol. The van der Waals surface area contributed by atoms with Gasteiger partial charge in [-0.2, -0.15) is 5.10 Å². The molecule has 0 radical (unpaired) electrons. The number of thioether (sulfide) groups is 1. The molecule has 1 aromatic carbocycles. The molecule has 0 unspecified atom stereocenters. The topological polar surface area (TPSA) is 49.0 Å². The van der Waals surface area contributed by atoms with E-state index in [0.717, 1.165) is 9.91 Å². The number of amides is 1. The first-order chi connectivity index (χ1) is 11.1. The van der Waals surface area contributed by atoms with Gasteiger partial charge >= 0.3 is 0 Å². The van der Waals surface area contributed by atoms with Crippen LogP contribution in [-0.2, 0) is 4.79 Å². The van der Waals surface area contributed by atoms with E-state index in [4.69, 9.17) is 12.2 Å². The van der Waals surface area contributed by atoms with Gasteiger partial charge in [0.1, 0.15) is 5.82 Å². The Labute approximate surface area is 146 Å². The average Bonchev–Trinajstić information content (AvgIpc) is 2.99. The summed E-state index contributed by atoms with van der Waals surface area (Å²) >= 11 is 7.70. The van der Waals surface area contributed by atoms with E-state index >= 15 is 0 Å². The Morgan fingerprint density at radius 1 is 1.48 bits per heavy atom. The van der Waals surface area contributed by atoms with Gasteiger partial charge in [0.2, 0.25) is 5.91 Å². The number of halogens is 1. The lowest BCUT2D eigenvalue weighted by Gasteiger charge is -2.26. The first kappa shape index (κ1) is 16.4. The summed E-state index contributed by atoms with van der Waals surface area (Å²) in [6.07, 6.45) is 2.60. The van der Waals surface area contributed by atoms with E-state index in [1.165, 1.54) is 29.2 Å². The van der Waals surface area contributed by atoms with Crippen LogP contribution in [0.5, 0.6) is 0 Å². The minimum absolute atomic E-state index is 0.0555. The van der Waals surface area contributed by atoms with Crippen LogP contribution in [-0.4, -0.2) is 39.8 Å². The number of carbonyl (C=O) groups excluding carboxylic acids is 1. The molecule has 0 saturated heterocycles. The Morgan fingerprint density at radius 2 is 2.30 bits per heavy atom. The molecule has 1 aliphatic heterocycles. The van der Waals surface area contributed by atoms with Gasteiger partial charge < -0.3 is 4.90 Å². The first-order valence-electron chi connectivity index (χ1n) is 7.03. The lowest BCUT2D eigenvalue weighted by Crippen LogP contribution is -2.35. The van der Waals surface area contributed by atoms with Crippen LogP contribution in [0.2, 0.25) is 0 Å². The third-order valence-electron chi connectivity index (χ3n) is 3.52. The number of H-pyrrole nitrogens is 1. The SMILES string of the molecule is O=C(CSc1n[nH]c(=S)s1)N1CC=C(c2ccccc2F)CC1. The molecular formula is C15H14FN3OS3. The number of nitrogens with zero attached hydrogens (tertiary/aromatic N) is 2. The van der Waals surface area contributed by atoms with Crippen molar-refractivity contribution in [2.75, 3.05) is 18.8 Å². The lowest BCUT2D eigenvalue weighted by molar-refractivity contribution is -0.127. The maximum atomic E-state index is 13.8. The molecule has 0 atom stereocenters. The Balaban J connectivity index is 1.58. The van der Waals surface area contributed by atoms with E-state index in [2.05, 4.69) is 10.2 Å². The van der Waals surface area contributed by atoms with Crippen LogP contribution in [0.4, 0.5) is 4.39 Å². The van der Waals surface area contributed by atoms with Crippen molar-refractivity contribution in [1.82, 2.24) is 15.1 Å². The van der Waals surface area contributed by atoms with E-state index in [1.807, 2.05) is 12.1 Å². The normalized spacial score (nSPS) is 14.7. The van der Waals surface area contributed by atoms with Crippen molar-refractivity contribution in [3.05, 3.63) is 45.7 Å². The zero-order chi connectivity index (χ0) is 16.2. The van der Waals surface area contributed by atoms with E-state index in [0.29, 0.717) is 34.8 Å². The van der Waals surface area contributed by atoms with Crippen LogP contribution in [0.15, 0.2) is 34.7 Å². The van der Waals surface area contributed by atoms with Gasteiger partial charge in [0.25, 0.3) is 0 Å². The highest BCUT2D eigenvalue weighted by molar-refractivity contribution is 8.01. The molecule has 1 N–H and O–H groups in total. The average molecular weight is 367 g/mol. The third kappa shape index (κ3) is 4.07. The van der Waals surface area contributed by atoms with Crippen LogP contribution in [0, 0.1) is 9.77 Å². The van der Waals surface area contributed by atoms with Crippen molar-refractivity contribution >= 4 is 46.8 Å². The molecule has 1 amide bonds. The number of carbonyl (C=O) groups is 1. The Hall–Kier alpha value is -1.51. The molecule has 0 bridgehead atoms. The van der Waals surface area contributed by atoms with Crippen LogP contribution in [0.3, 0.4) is 0 Å². The fraction of sp³-hybridized carbons (Fsp3) is 0.267. The molecule has 2 heterocycles. The molecule has 23 heavy (non-hydrogen) atoms. The second-order valence-corrected chi connectivity index (χ2v) is 7.85. The molecule has 0 fully saturated rings. The fourth-order valence-corrected chi connectivity index (χ4v) is 4.34. The van der Waals surface area contributed by atoms with Crippen molar-refractivity contribution in [1.29, 1.82) is 0 Å². The highest BCUT2D eigenvalue weighted by atomic mass is 32.2. The predicted octanol–water partition coefficient (Wildman–Crippen LogP) is 3.75. The highest BCUT2D eigenvalue weighted by Gasteiger charge is 2.19. The lowest BCUT2D eigenvalue weighted by atomic mass is 9.99. The molecule has 2 aromatic rings. The summed E-state index contributed by atoms with van der Waals surface area (Å²) in [4.78, 5) is 14.0. The second-order valence-electron chi connectivity index (χ2n) is 4.97. The quantitative estimate of drug-likeness (QED) is 0.660. The van der Waals surface area contributed by atoms with Gasteiger partial charge in [-0.25, -0.2) is 4.39 Å². The molecule has 0 aliphatic carbocycles. The van der Waals surface area contributed by atoms with Gasteiger partial charge in [0.05, 0.1) is 5.75 Å². The van der Waals surface area contributed by atoms with Crippen molar-refractivity contribution in [3.63, 3.8) is 0 Å². The Morgan fingerprint density at radius 3 is 2.96 bits per heavy atom. The molecule has 3 rings (SSSR count). The van der Waals surface area contributed by atoms with Gasteiger partial charge in [-0.3, -0.25) is 9.89 Å². The zero-order valence-electron chi connectivity index (χ0n) is 12.1. The molecule has 0 spiro atoms. The Kier molecular flexibility index (Phi) is 5.24. The van der Waals surface area contributed by atoms with E-state index in [-0.39, 0.29) is 11.7 Å². The summed E-state index contributed by atoms with van der Waals surface area (Å²) in [6, 6.07) is 6.74. The standard InChI is InChI=1S/C15H14FN3OS3/c16-12-4-2-1-3-11(12)10-5-7-19(8-6-10)13(20)9-22-15-18-17-14(21)23-15/h1-5H,6-9H2,(H,17,21). The van der Waals surface area contributed by atoms with Gasteiger partial charge in [0, 0.05) is 18.7 Å². The molecule has 8 heteroatoms. The summed E-state index contributed by atoms with van der Waals surface area (Å²) in [7, 11) is 0. The molecular weight excluding hydrogens is 353 g/mol. The highest BCUT2D eigenvalue weighted by Crippen LogP contribution is 2.26. The number of benzene rings is 1. The van der Waals surface area contributed by atoms with E-state index in [9.17, 15) is 9.18 Å². The molecule has 4 nitrogen and oxygen atoms in total. The Bertz CT molecular complexity index is 799. The van der Waals surface area contributed by atoms with Crippen LogP contribution in [0.1, 0.15) is 12.0 Å².